The molecule has 2 amide bonds. The highest BCUT2D eigenvalue weighted by molar-refractivity contribution is 5.74. The Morgan fingerprint density at radius 1 is 1.03 bits per heavy atom. The average molecular weight is 541 g/mol. The summed E-state index contributed by atoms with van der Waals surface area (Å²) in [6.07, 6.45) is 12.7. The van der Waals surface area contributed by atoms with Crippen LogP contribution in [0.3, 0.4) is 0 Å². The number of nitrogens with one attached hydrogen (secondary N) is 3. The second-order valence-electron chi connectivity index (χ2n) is 14.0. The van der Waals surface area contributed by atoms with Crippen LogP contribution in [0.15, 0.2) is 27.6 Å². The minimum absolute atomic E-state index is 0.0311. The molecule has 8 heteroatoms. The van der Waals surface area contributed by atoms with E-state index >= 15 is 0 Å². The number of aliphatic hydroxyl groups is 1. The molecule has 4 saturated carbocycles. The average Bonchev–Trinajstić information content (AvgIpc) is 3.20. The van der Waals surface area contributed by atoms with E-state index < -0.39 is 5.60 Å². The number of nitrogens with two attached hydrogens (primary N) is 1. The molecule has 216 valence electrons. The van der Waals surface area contributed by atoms with Crippen LogP contribution in [-0.4, -0.2) is 48.0 Å². The molecular formula is C31H48N4O4. The first kappa shape index (κ1) is 27.3. The Morgan fingerprint density at radius 3 is 2.56 bits per heavy atom. The van der Waals surface area contributed by atoms with Crippen LogP contribution in [0.25, 0.3) is 0 Å². The highest BCUT2D eigenvalue weighted by atomic mass is 16.4. The van der Waals surface area contributed by atoms with Gasteiger partial charge in [-0.1, -0.05) is 13.8 Å². The summed E-state index contributed by atoms with van der Waals surface area (Å²) in [5.74, 6) is 1.62. The molecular weight excluding hydrogens is 492 g/mol. The van der Waals surface area contributed by atoms with Crippen molar-refractivity contribution in [3.05, 3.63) is 34.4 Å². The van der Waals surface area contributed by atoms with Crippen molar-refractivity contribution in [1.29, 1.82) is 0 Å². The molecule has 1 unspecified atom stereocenters. The molecule has 8 nitrogen and oxygen atoms in total. The van der Waals surface area contributed by atoms with Gasteiger partial charge in [0.1, 0.15) is 0 Å². The van der Waals surface area contributed by atoms with E-state index in [0.29, 0.717) is 24.3 Å². The molecule has 5 aliphatic rings. The number of amides is 2. The fourth-order valence-electron chi connectivity index (χ4n) is 10.2. The van der Waals surface area contributed by atoms with Gasteiger partial charge in [-0.3, -0.25) is 0 Å². The number of piperidine rings is 1. The third kappa shape index (κ3) is 4.55. The number of carbonyl (C=O) groups is 1. The van der Waals surface area contributed by atoms with Gasteiger partial charge in [-0.05, 0) is 118 Å². The van der Waals surface area contributed by atoms with E-state index in [4.69, 9.17) is 10.2 Å². The lowest BCUT2D eigenvalue weighted by Crippen LogP contribution is -2.62. The third-order valence-corrected chi connectivity index (χ3v) is 12.4. The Balaban J connectivity index is 1.11. The molecule has 1 aromatic heterocycles. The minimum atomic E-state index is -0.685. The predicted octanol–water partition coefficient (Wildman–Crippen LogP) is 3.63. The lowest BCUT2D eigenvalue weighted by molar-refractivity contribution is -0.201. The Hall–Kier alpha value is -1.90. The summed E-state index contributed by atoms with van der Waals surface area (Å²) in [5.41, 5.74) is 5.88. The van der Waals surface area contributed by atoms with Gasteiger partial charge < -0.3 is 31.2 Å². The molecule has 2 heterocycles. The van der Waals surface area contributed by atoms with Gasteiger partial charge in [0.15, 0.2) is 0 Å². The van der Waals surface area contributed by atoms with Gasteiger partial charge in [0, 0.05) is 36.2 Å². The normalized spacial score (nSPS) is 45.5. The van der Waals surface area contributed by atoms with Gasteiger partial charge in [0.2, 0.25) is 0 Å². The number of rotatable bonds is 4. The van der Waals surface area contributed by atoms with Gasteiger partial charge in [-0.25, -0.2) is 9.59 Å². The number of urea groups is 1. The van der Waals surface area contributed by atoms with Gasteiger partial charge in [0.25, 0.3) is 0 Å². The molecule has 0 spiro atoms. The Morgan fingerprint density at radius 2 is 1.82 bits per heavy atom. The van der Waals surface area contributed by atoms with Gasteiger partial charge in [0.05, 0.1) is 11.9 Å². The van der Waals surface area contributed by atoms with E-state index in [-0.39, 0.29) is 46.5 Å². The van der Waals surface area contributed by atoms with Crippen molar-refractivity contribution < 1.29 is 14.3 Å². The van der Waals surface area contributed by atoms with Crippen molar-refractivity contribution in [1.82, 2.24) is 16.0 Å². The summed E-state index contributed by atoms with van der Waals surface area (Å²) >= 11 is 0. The van der Waals surface area contributed by atoms with Crippen molar-refractivity contribution in [3.63, 3.8) is 0 Å². The maximum atomic E-state index is 12.9. The first-order valence-corrected chi connectivity index (χ1v) is 15.5. The quantitative estimate of drug-likeness (QED) is 0.397. The lowest BCUT2D eigenvalue weighted by Gasteiger charge is -2.63. The molecule has 0 bridgehead atoms. The highest BCUT2D eigenvalue weighted by Gasteiger charge is 2.67. The zero-order valence-electron chi connectivity index (χ0n) is 23.7. The molecule has 1 aliphatic heterocycles. The van der Waals surface area contributed by atoms with Crippen LogP contribution in [0.2, 0.25) is 0 Å². The number of hydrogen-bond donors (Lipinski definition) is 5. The van der Waals surface area contributed by atoms with Crippen molar-refractivity contribution >= 4 is 6.03 Å². The minimum Gasteiger partial charge on any atom is -0.431 e. The number of hydrogen-bond acceptors (Lipinski definition) is 6. The Bertz CT molecular complexity index is 1110. The van der Waals surface area contributed by atoms with Crippen LogP contribution in [-0.2, 0) is 0 Å². The van der Waals surface area contributed by atoms with Crippen molar-refractivity contribution in [3.8, 4) is 0 Å². The molecule has 1 saturated heterocycles. The smallest absolute Gasteiger partial charge is 0.335 e. The molecule has 39 heavy (non-hydrogen) atoms. The predicted molar refractivity (Wildman–Crippen MR) is 150 cm³/mol. The van der Waals surface area contributed by atoms with E-state index in [9.17, 15) is 14.7 Å². The van der Waals surface area contributed by atoms with E-state index in [1.807, 2.05) is 6.07 Å². The molecule has 10 atom stereocenters. The number of fused-ring (bicyclic) bond motifs is 5. The zero-order chi connectivity index (χ0) is 27.4. The van der Waals surface area contributed by atoms with Crippen LogP contribution in [0.5, 0.6) is 0 Å². The van der Waals surface area contributed by atoms with Crippen LogP contribution in [0, 0.1) is 28.6 Å². The summed E-state index contributed by atoms with van der Waals surface area (Å²) in [4.78, 5) is 24.4. The van der Waals surface area contributed by atoms with Crippen molar-refractivity contribution in [2.75, 3.05) is 13.1 Å². The van der Waals surface area contributed by atoms with Gasteiger partial charge >= 0.3 is 11.7 Å². The summed E-state index contributed by atoms with van der Waals surface area (Å²) in [6.45, 7) is 6.27. The Labute approximate surface area is 232 Å². The van der Waals surface area contributed by atoms with Crippen LogP contribution < -0.4 is 27.3 Å². The Kier molecular flexibility index (Phi) is 7.12. The number of carbonyl (C=O) groups excluding carboxylic acids is 1. The molecule has 0 aromatic carbocycles. The summed E-state index contributed by atoms with van der Waals surface area (Å²) in [5, 5.41) is 22.4. The topological polar surface area (TPSA) is 130 Å². The summed E-state index contributed by atoms with van der Waals surface area (Å²) < 4.78 is 5.23. The fraction of sp³-hybridized carbons (Fsp3) is 0.806. The van der Waals surface area contributed by atoms with Gasteiger partial charge in [-0.15, -0.1) is 0 Å². The molecule has 5 fully saturated rings. The van der Waals surface area contributed by atoms with E-state index in [0.717, 1.165) is 82.7 Å². The van der Waals surface area contributed by atoms with Crippen LogP contribution in [0.1, 0.15) is 96.0 Å². The first-order chi connectivity index (χ1) is 18.7. The SMILES string of the molecule is C[C@]12CC[C@H](NC(=O)NC3CCN[C@@H](CN)C3)C[C@H]1CC[C@@H]1[C@@H]2CC[C@]2(C)[C@@H](c3ccc(=O)oc3)CC[C@]12O. The zero-order valence-corrected chi connectivity index (χ0v) is 23.7. The van der Waals surface area contributed by atoms with Crippen molar-refractivity contribution in [2.45, 2.75) is 114 Å². The highest BCUT2D eigenvalue weighted by Crippen LogP contribution is 2.70. The molecule has 6 N–H and O–H groups in total. The maximum absolute atomic E-state index is 12.9. The van der Waals surface area contributed by atoms with Crippen molar-refractivity contribution in [2.24, 2.45) is 34.3 Å². The molecule has 4 aliphatic carbocycles. The summed E-state index contributed by atoms with van der Waals surface area (Å²) in [7, 11) is 0. The molecule has 6 rings (SSSR count). The maximum Gasteiger partial charge on any atom is 0.335 e. The lowest BCUT2D eigenvalue weighted by atomic mass is 9.43. The standard InChI is InChI=1S/C31H48N4O4/c1-29-11-7-21(34-28(37)35-22-10-14-33-23(16-22)17-32)15-20(29)4-5-26-25(29)8-12-30(2)24(9-13-31(26,30)38)19-3-6-27(36)39-18-19/h3,6,18,20-26,33,38H,4-5,7-17,32H2,1-2H3,(H2,34,35,37)/t20-,21+,22?,23-,24-,25+,26-,29+,30-,31+/m1/s1. The second-order valence-corrected chi connectivity index (χ2v) is 14.0. The largest absolute Gasteiger partial charge is 0.431 e. The third-order valence-electron chi connectivity index (χ3n) is 12.4. The van der Waals surface area contributed by atoms with Crippen LogP contribution in [0.4, 0.5) is 4.79 Å². The fourth-order valence-corrected chi connectivity index (χ4v) is 10.2. The molecule has 0 radical (unpaired) electrons. The second kappa shape index (κ2) is 10.2. The van der Waals surface area contributed by atoms with E-state index in [1.165, 1.54) is 6.07 Å². The molecule has 1 aromatic rings. The first-order valence-electron chi connectivity index (χ1n) is 15.5. The van der Waals surface area contributed by atoms with Gasteiger partial charge in [-0.2, -0.15) is 0 Å². The summed E-state index contributed by atoms with van der Waals surface area (Å²) in [6, 6.07) is 4.07. The van der Waals surface area contributed by atoms with Crippen LogP contribution >= 0.6 is 0 Å². The van der Waals surface area contributed by atoms with E-state index in [2.05, 4.69) is 29.8 Å². The monoisotopic (exact) mass is 540 g/mol. The van der Waals surface area contributed by atoms with E-state index in [1.54, 1.807) is 6.26 Å².